The van der Waals surface area contributed by atoms with E-state index in [2.05, 4.69) is 20.2 Å². The summed E-state index contributed by atoms with van der Waals surface area (Å²) in [6.07, 6.45) is 1.57. The summed E-state index contributed by atoms with van der Waals surface area (Å²) in [6, 6.07) is 11.9. The molecule has 28 heavy (non-hydrogen) atoms. The Hall–Kier alpha value is -3.03. The topological polar surface area (TPSA) is 107 Å². The highest BCUT2D eigenvalue weighted by molar-refractivity contribution is 7.89. The molecule has 0 aliphatic carbocycles. The molecule has 4 heterocycles. The van der Waals surface area contributed by atoms with Crippen LogP contribution in [-0.2, 0) is 10.0 Å². The fourth-order valence-electron chi connectivity index (χ4n) is 4.07. The second-order valence-electron chi connectivity index (χ2n) is 7.21. The van der Waals surface area contributed by atoms with Gasteiger partial charge in [-0.2, -0.15) is 14.1 Å². The van der Waals surface area contributed by atoms with Gasteiger partial charge in [0.1, 0.15) is 12.1 Å². The van der Waals surface area contributed by atoms with Crippen LogP contribution in [0, 0.1) is 23.2 Å². The lowest BCUT2D eigenvalue weighted by molar-refractivity contribution is 0.453. The van der Waals surface area contributed by atoms with Gasteiger partial charge < -0.3 is 4.90 Å². The minimum atomic E-state index is -3.54. The minimum Gasteiger partial charge on any atom is -0.355 e. The lowest BCUT2D eigenvalue weighted by Crippen LogP contribution is -2.33. The van der Waals surface area contributed by atoms with E-state index in [0.717, 1.165) is 18.9 Å². The molecule has 0 spiro atoms. The van der Waals surface area contributed by atoms with Gasteiger partial charge in [0.2, 0.25) is 10.0 Å². The maximum Gasteiger partial charge on any atom is 0.243 e. The molecular formula is C18H17N7O2S. The van der Waals surface area contributed by atoms with Crippen LogP contribution in [0.15, 0.2) is 47.6 Å². The van der Waals surface area contributed by atoms with Crippen molar-refractivity contribution in [3.8, 4) is 6.07 Å². The number of nitrogens with zero attached hydrogens (tertiary/aromatic N) is 7. The molecule has 3 aromatic rings. The zero-order valence-electron chi connectivity index (χ0n) is 14.9. The zero-order chi connectivity index (χ0) is 19.3. The first-order valence-corrected chi connectivity index (χ1v) is 10.4. The summed E-state index contributed by atoms with van der Waals surface area (Å²) in [5, 5.41) is 21.2. The molecule has 2 aromatic heterocycles. The van der Waals surface area contributed by atoms with Crippen LogP contribution in [0.3, 0.4) is 0 Å². The monoisotopic (exact) mass is 395 g/mol. The van der Waals surface area contributed by atoms with Crippen LogP contribution in [0.4, 0.5) is 5.82 Å². The quantitative estimate of drug-likeness (QED) is 0.644. The molecule has 2 unspecified atom stereocenters. The molecule has 5 rings (SSSR count). The molecule has 10 heteroatoms. The van der Waals surface area contributed by atoms with Crippen molar-refractivity contribution in [1.82, 2.24) is 24.1 Å². The molecule has 2 fully saturated rings. The molecule has 2 aliphatic heterocycles. The van der Waals surface area contributed by atoms with Gasteiger partial charge in [-0.25, -0.2) is 8.42 Å². The second kappa shape index (κ2) is 6.25. The minimum absolute atomic E-state index is 0.239. The number of hydrogen-bond donors (Lipinski definition) is 0. The van der Waals surface area contributed by atoms with Gasteiger partial charge in [0.15, 0.2) is 5.65 Å². The number of nitriles is 1. The number of aromatic nitrogens is 4. The summed E-state index contributed by atoms with van der Waals surface area (Å²) < 4.78 is 29.1. The van der Waals surface area contributed by atoms with Crippen LogP contribution in [-0.4, -0.2) is 58.7 Å². The van der Waals surface area contributed by atoms with E-state index < -0.39 is 10.0 Å². The molecule has 2 saturated heterocycles. The van der Waals surface area contributed by atoms with Crippen molar-refractivity contribution in [2.24, 2.45) is 11.8 Å². The van der Waals surface area contributed by atoms with Gasteiger partial charge in [-0.05, 0) is 48.2 Å². The molecule has 142 valence electrons. The first-order valence-electron chi connectivity index (χ1n) is 8.97. The van der Waals surface area contributed by atoms with E-state index in [4.69, 9.17) is 5.26 Å². The predicted molar refractivity (Wildman–Crippen MR) is 99.9 cm³/mol. The summed E-state index contributed by atoms with van der Waals surface area (Å²) in [7, 11) is -3.54. The standard InChI is InChI=1S/C18H17N7O2S/c19-7-13-1-3-16(4-2-13)28(26,27)24-10-14-8-23(9-15(14)11-24)18-6-5-17-21-20-12-25(17)22-18/h1-6,12,14-15H,8-11H2. The van der Waals surface area contributed by atoms with Gasteiger partial charge in [-0.15, -0.1) is 15.3 Å². The number of sulfonamides is 1. The molecule has 2 atom stereocenters. The maximum atomic E-state index is 12.9. The average Bonchev–Trinajstić information content (AvgIpc) is 3.41. The first-order chi connectivity index (χ1) is 13.5. The predicted octanol–water partition coefficient (Wildman–Crippen LogP) is 0.753. The van der Waals surface area contributed by atoms with Crippen molar-refractivity contribution in [3.63, 3.8) is 0 Å². The van der Waals surface area contributed by atoms with Gasteiger partial charge in [-0.3, -0.25) is 0 Å². The van der Waals surface area contributed by atoms with E-state index in [-0.39, 0.29) is 16.7 Å². The van der Waals surface area contributed by atoms with Crippen LogP contribution >= 0.6 is 0 Å². The summed E-state index contributed by atoms with van der Waals surface area (Å²) in [4.78, 5) is 2.43. The van der Waals surface area contributed by atoms with Gasteiger partial charge in [-0.1, -0.05) is 0 Å². The molecule has 0 amide bonds. The Morgan fingerprint density at radius 3 is 2.39 bits per heavy atom. The van der Waals surface area contributed by atoms with E-state index in [9.17, 15) is 8.42 Å². The van der Waals surface area contributed by atoms with Crippen LogP contribution < -0.4 is 4.90 Å². The van der Waals surface area contributed by atoms with Gasteiger partial charge in [0.25, 0.3) is 0 Å². The highest BCUT2D eigenvalue weighted by Gasteiger charge is 2.44. The normalized spacial score (nSPS) is 22.5. The Bertz CT molecular complexity index is 1170. The van der Waals surface area contributed by atoms with Crippen LogP contribution in [0.1, 0.15) is 5.56 Å². The summed E-state index contributed by atoms with van der Waals surface area (Å²) >= 11 is 0. The fraction of sp³-hybridized carbons (Fsp3) is 0.333. The number of anilines is 1. The summed E-state index contributed by atoms with van der Waals surface area (Å²) in [5.41, 5.74) is 1.15. The molecule has 0 saturated carbocycles. The second-order valence-corrected chi connectivity index (χ2v) is 9.15. The number of fused-ring (bicyclic) bond motifs is 2. The van der Waals surface area contributed by atoms with Crippen molar-refractivity contribution in [3.05, 3.63) is 48.3 Å². The van der Waals surface area contributed by atoms with Crippen LogP contribution in [0.5, 0.6) is 0 Å². The third-order valence-electron chi connectivity index (χ3n) is 5.55. The van der Waals surface area contributed by atoms with Gasteiger partial charge >= 0.3 is 0 Å². The highest BCUT2D eigenvalue weighted by atomic mass is 32.2. The van der Waals surface area contributed by atoms with E-state index in [1.54, 1.807) is 15.1 Å². The van der Waals surface area contributed by atoms with Crippen molar-refractivity contribution in [2.75, 3.05) is 31.1 Å². The van der Waals surface area contributed by atoms with Crippen molar-refractivity contribution < 1.29 is 8.42 Å². The third-order valence-corrected chi connectivity index (χ3v) is 7.39. The van der Waals surface area contributed by atoms with Gasteiger partial charge in [0, 0.05) is 26.2 Å². The summed E-state index contributed by atoms with van der Waals surface area (Å²) in [6.45, 7) is 2.53. The summed E-state index contributed by atoms with van der Waals surface area (Å²) in [5.74, 6) is 1.39. The van der Waals surface area contributed by atoms with Gasteiger partial charge in [0.05, 0.1) is 16.5 Å². The Morgan fingerprint density at radius 2 is 1.71 bits per heavy atom. The van der Waals surface area contributed by atoms with Crippen molar-refractivity contribution in [2.45, 2.75) is 4.90 Å². The smallest absolute Gasteiger partial charge is 0.243 e. The zero-order valence-corrected chi connectivity index (χ0v) is 15.7. The molecule has 1 aromatic carbocycles. The highest BCUT2D eigenvalue weighted by Crippen LogP contribution is 2.35. The van der Waals surface area contributed by atoms with Crippen molar-refractivity contribution in [1.29, 1.82) is 5.26 Å². The number of rotatable bonds is 3. The average molecular weight is 395 g/mol. The van der Waals surface area contributed by atoms with E-state index in [1.165, 1.54) is 24.3 Å². The Balaban J connectivity index is 1.31. The Kier molecular flexibility index (Phi) is 3.82. The number of hydrogen-bond acceptors (Lipinski definition) is 7. The molecule has 2 aliphatic rings. The van der Waals surface area contributed by atoms with Crippen LogP contribution in [0.2, 0.25) is 0 Å². The van der Waals surface area contributed by atoms with Crippen molar-refractivity contribution >= 4 is 21.5 Å². The largest absolute Gasteiger partial charge is 0.355 e. The third kappa shape index (κ3) is 2.71. The lowest BCUT2D eigenvalue weighted by atomic mass is 10.0. The molecule has 0 N–H and O–H groups in total. The van der Waals surface area contributed by atoms with E-state index >= 15 is 0 Å². The molecular weight excluding hydrogens is 378 g/mol. The van der Waals surface area contributed by atoms with E-state index in [1.807, 2.05) is 18.2 Å². The molecule has 0 radical (unpaired) electrons. The Morgan fingerprint density at radius 1 is 1.00 bits per heavy atom. The lowest BCUT2D eigenvalue weighted by Gasteiger charge is -2.22. The Labute approximate surface area is 161 Å². The fourth-order valence-corrected chi connectivity index (χ4v) is 5.62. The van der Waals surface area contributed by atoms with Crippen LogP contribution in [0.25, 0.3) is 5.65 Å². The maximum absolute atomic E-state index is 12.9. The molecule has 9 nitrogen and oxygen atoms in total. The van der Waals surface area contributed by atoms with E-state index in [0.29, 0.717) is 24.3 Å². The number of benzene rings is 1. The molecule has 0 bridgehead atoms. The SMILES string of the molecule is N#Cc1ccc(S(=O)(=O)N2CC3CN(c4ccc5nncn5n4)CC3C2)cc1. The first kappa shape index (κ1) is 17.1.